The predicted octanol–water partition coefficient (Wildman–Crippen LogP) is 3.31. The van der Waals surface area contributed by atoms with Crippen LogP contribution in [-0.4, -0.2) is 24.0 Å². The summed E-state index contributed by atoms with van der Waals surface area (Å²) in [6.07, 6.45) is 4.00. The number of nitriles is 1. The summed E-state index contributed by atoms with van der Waals surface area (Å²) in [6.45, 7) is 3.68. The van der Waals surface area contributed by atoms with Crippen LogP contribution in [0.3, 0.4) is 0 Å². The summed E-state index contributed by atoms with van der Waals surface area (Å²) in [7, 11) is 0. The first-order valence-corrected chi connectivity index (χ1v) is 8.95. The van der Waals surface area contributed by atoms with Crippen molar-refractivity contribution in [3.63, 3.8) is 0 Å². The Labute approximate surface area is 149 Å². The van der Waals surface area contributed by atoms with Gasteiger partial charge < -0.3 is 10.1 Å². The van der Waals surface area contributed by atoms with Crippen LogP contribution in [0.25, 0.3) is 0 Å². The van der Waals surface area contributed by atoms with Gasteiger partial charge in [0.1, 0.15) is 5.54 Å². The second-order valence-corrected chi connectivity index (χ2v) is 6.83. The van der Waals surface area contributed by atoms with Gasteiger partial charge in [-0.1, -0.05) is 50.6 Å². The van der Waals surface area contributed by atoms with Crippen molar-refractivity contribution in [2.24, 2.45) is 5.92 Å². The standard InChI is InChI=1S/C20H26N2O3/c1-3-15(2)18(16-9-5-4-6-10-16)19(24)25-13-17(23)22-20(14-21)11-7-8-12-20/h4-6,9-10,15,18H,3,7-8,11-13H2,1-2H3,(H,22,23)/t15-,18-/m1/s1. The first kappa shape index (κ1) is 19.0. The lowest BCUT2D eigenvalue weighted by molar-refractivity contribution is -0.151. The van der Waals surface area contributed by atoms with E-state index in [0.29, 0.717) is 12.8 Å². The molecule has 1 saturated carbocycles. The molecule has 2 atom stereocenters. The van der Waals surface area contributed by atoms with Crippen molar-refractivity contribution in [1.82, 2.24) is 5.32 Å². The highest BCUT2D eigenvalue weighted by Crippen LogP contribution is 2.29. The number of nitrogens with zero attached hydrogens (tertiary/aromatic N) is 1. The Morgan fingerprint density at radius 3 is 2.48 bits per heavy atom. The maximum absolute atomic E-state index is 12.6. The number of amides is 1. The summed E-state index contributed by atoms with van der Waals surface area (Å²) in [5, 5.41) is 12.1. The lowest BCUT2D eigenvalue weighted by atomic mass is 9.86. The van der Waals surface area contributed by atoms with Gasteiger partial charge in [-0.05, 0) is 37.2 Å². The maximum Gasteiger partial charge on any atom is 0.314 e. The van der Waals surface area contributed by atoms with Gasteiger partial charge in [-0.25, -0.2) is 0 Å². The normalized spacial score (nSPS) is 18.0. The third-order valence-electron chi connectivity index (χ3n) is 5.02. The van der Waals surface area contributed by atoms with Gasteiger partial charge in [0.2, 0.25) is 0 Å². The van der Waals surface area contributed by atoms with Gasteiger partial charge in [-0.15, -0.1) is 0 Å². The summed E-state index contributed by atoms with van der Waals surface area (Å²) in [5.74, 6) is -1.09. The maximum atomic E-state index is 12.6. The number of carbonyl (C=O) groups is 2. The molecule has 0 heterocycles. The van der Waals surface area contributed by atoms with Crippen LogP contribution in [0.15, 0.2) is 30.3 Å². The van der Waals surface area contributed by atoms with E-state index in [4.69, 9.17) is 4.74 Å². The van der Waals surface area contributed by atoms with Crippen LogP contribution in [0.5, 0.6) is 0 Å². The first-order valence-electron chi connectivity index (χ1n) is 8.95. The number of carbonyl (C=O) groups excluding carboxylic acids is 2. The summed E-state index contributed by atoms with van der Waals surface area (Å²) >= 11 is 0. The molecule has 1 aromatic carbocycles. The van der Waals surface area contributed by atoms with Crippen molar-refractivity contribution in [1.29, 1.82) is 5.26 Å². The largest absolute Gasteiger partial charge is 0.455 e. The van der Waals surface area contributed by atoms with Gasteiger partial charge in [0.15, 0.2) is 6.61 Å². The molecule has 1 fully saturated rings. The third-order valence-corrected chi connectivity index (χ3v) is 5.02. The fourth-order valence-corrected chi connectivity index (χ4v) is 3.37. The molecule has 0 spiro atoms. The van der Waals surface area contributed by atoms with Crippen LogP contribution in [0.4, 0.5) is 0 Å². The van der Waals surface area contributed by atoms with E-state index >= 15 is 0 Å². The Hall–Kier alpha value is -2.35. The topological polar surface area (TPSA) is 79.2 Å². The lowest BCUT2D eigenvalue weighted by Gasteiger charge is -2.24. The minimum atomic E-state index is -0.793. The minimum Gasteiger partial charge on any atom is -0.455 e. The Morgan fingerprint density at radius 1 is 1.28 bits per heavy atom. The van der Waals surface area contributed by atoms with Crippen LogP contribution < -0.4 is 5.32 Å². The summed E-state index contributed by atoms with van der Waals surface area (Å²) in [6, 6.07) is 11.7. The van der Waals surface area contributed by atoms with Crippen LogP contribution in [0, 0.1) is 17.2 Å². The molecule has 134 valence electrons. The molecule has 1 aliphatic carbocycles. The number of nitrogens with one attached hydrogen (secondary N) is 1. The van der Waals surface area contributed by atoms with E-state index in [1.165, 1.54) is 0 Å². The van der Waals surface area contributed by atoms with Crippen molar-refractivity contribution in [2.75, 3.05) is 6.61 Å². The molecule has 2 rings (SSSR count). The predicted molar refractivity (Wildman–Crippen MR) is 94.6 cm³/mol. The molecular weight excluding hydrogens is 316 g/mol. The summed E-state index contributed by atoms with van der Waals surface area (Å²) in [4.78, 5) is 24.7. The molecule has 25 heavy (non-hydrogen) atoms. The van der Waals surface area contributed by atoms with Crippen molar-refractivity contribution in [3.8, 4) is 6.07 Å². The van der Waals surface area contributed by atoms with Gasteiger partial charge in [-0.3, -0.25) is 9.59 Å². The fraction of sp³-hybridized carbons (Fsp3) is 0.550. The second kappa shape index (κ2) is 8.66. The quantitative estimate of drug-likeness (QED) is 0.771. The average Bonchev–Trinajstić information content (AvgIpc) is 3.10. The van der Waals surface area contributed by atoms with Crippen LogP contribution in [-0.2, 0) is 14.3 Å². The molecule has 0 aliphatic heterocycles. The van der Waals surface area contributed by atoms with Crippen LogP contribution >= 0.6 is 0 Å². The van der Waals surface area contributed by atoms with Crippen molar-refractivity contribution < 1.29 is 14.3 Å². The number of rotatable bonds is 7. The Balaban J connectivity index is 1.97. The fourth-order valence-electron chi connectivity index (χ4n) is 3.37. The molecule has 0 bridgehead atoms. The Bertz CT molecular complexity index is 630. The molecule has 1 aliphatic rings. The molecule has 1 N–H and O–H groups in total. The third kappa shape index (κ3) is 4.82. The van der Waals surface area contributed by atoms with Gasteiger partial charge in [0.05, 0.1) is 12.0 Å². The van der Waals surface area contributed by atoms with E-state index in [0.717, 1.165) is 24.8 Å². The van der Waals surface area contributed by atoms with Crippen molar-refractivity contribution >= 4 is 11.9 Å². The molecule has 0 unspecified atom stereocenters. The number of hydrogen-bond acceptors (Lipinski definition) is 4. The van der Waals surface area contributed by atoms with E-state index in [9.17, 15) is 14.9 Å². The Morgan fingerprint density at radius 2 is 1.92 bits per heavy atom. The molecule has 0 saturated heterocycles. The highest BCUT2D eigenvalue weighted by Gasteiger charge is 2.36. The van der Waals surface area contributed by atoms with Gasteiger partial charge >= 0.3 is 5.97 Å². The SMILES string of the molecule is CC[C@@H](C)[C@@H](C(=O)OCC(=O)NC1(C#N)CCCC1)c1ccccc1. The number of ether oxygens (including phenoxy) is 1. The highest BCUT2D eigenvalue weighted by atomic mass is 16.5. The van der Waals surface area contributed by atoms with Crippen LogP contribution in [0.2, 0.25) is 0 Å². The lowest BCUT2D eigenvalue weighted by Crippen LogP contribution is -2.47. The molecule has 5 heteroatoms. The smallest absolute Gasteiger partial charge is 0.314 e. The summed E-state index contributed by atoms with van der Waals surface area (Å²) in [5.41, 5.74) is 0.102. The van der Waals surface area contributed by atoms with Crippen molar-refractivity contribution in [3.05, 3.63) is 35.9 Å². The summed E-state index contributed by atoms with van der Waals surface area (Å²) < 4.78 is 5.28. The monoisotopic (exact) mass is 342 g/mol. The first-order chi connectivity index (χ1) is 12.0. The van der Waals surface area contributed by atoms with Gasteiger partial charge in [0.25, 0.3) is 5.91 Å². The minimum absolute atomic E-state index is 0.109. The van der Waals surface area contributed by atoms with E-state index in [2.05, 4.69) is 11.4 Å². The van der Waals surface area contributed by atoms with E-state index in [-0.39, 0.29) is 12.5 Å². The Kier molecular flexibility index (Phi) is 6.58. The number of benzene rings is 1. The molecular formula is C20H26N2O3. The second-order valence-electron chi connectivity index (χ2n) is 6.83. The average molecular weight is 342 g/mol. The van der Waals surface area contributed by atoms with Crippen LogP contribution in [0.1, 0.15) is 57.4 Å². The van der Waals surface area contributed by atoms with E-state index in [1.54, 1.807) is 0 Å². The molecule has 0 radical (unpaired) electrons. The zero-order valence-electron chi connectivity index (χ0n) is 15.0. The molecule has 0 aromatic heterocycles. The zero-order chi connectivity index (χ0) is 18.3. The number of esters is 1. The van der Waals surface area contributed by atoms with E-state index in [1.807, 2.05) is 44.2 Å². The molecule has 1 aromatic rings. The molecule has 5 nitrogen and oxygen atoms in total. The van der Waals surface area contributed by atoms with Gasteiger partial charge in [-0.2, -0.15) is 5.26 Å². The molecule has 1 amide bonds. The number of hydrogen-bond donors (Lipinski definition) is 1. The van der Waals surface area contributed by atoms with Gasteiger partial charge in [0, 0.05) is 0 Å². The highest BCUT2D eigenvalue weighted by molar-refractivity contribution is 5.84. The van der Waals surface area contributed by atoms with Crippen molar-refractivity contribution in [2.45, 2.75) is 57.4 Å². The van der Waals surface area contributed by atoms with E-state index < -0.39 is 23.3 Å². The zero-order valence-corrected chi connectivity index (χ0v) is 15.0.